The minimum atomic E-state index is -0.810. The maximum absolute atomic E-state index is 12.9. The topological polar surface area (TPSA) is 103 Å². The molecule has 0 spiro atoms. The summed E-state index contributed by atoms with van der Waals surface area (Å²) in [6.45, 7) is 0.704. The Bertz CT molecular complexity index is 955. The molecule has 1 saturated heterocycles. The van der Waals surface area contributed by atoms with Crippen molar-refractivity contribution in [3.63, 3.8) is 0 Å². The van der Waals surface area contributed by atoms with Gasteiger partial charge in [0.05, 0.1) is 23.7 Å². The van der Waals surface area contributed by atoms with Gasteiger partial charge in [-0.25, -0.2) is 9.67 Å². The quantitative estimate of drug-likeness (QED) is 0.732. The van der Waals surface area contributed by atoms with E-state index in [0.717, 1.165) is 10.6 Å². The van der Waals surface area contributed by atoms with Gasteiger partial charge in [0.2, 0.25) is 11.7 Å². The molecule has 2 aromatic heterocycles. The van der Waals surface area contributed by atoms with Crippen LogP contribution < -0.4 is 5.73 Å². The van der Waals surface area contributed by atoms with Crippen molar-refractivity contribution in [3.05, 3.63) is 53.7 Å². The van der Waals surface area contributed by atoms with Gasteiger partial charge in [0.15, 0.2) is 11.9 Å². The molecule has 1 aliphatic heterocycles. The molecule has 0 bridgehead atoms. The van der Waals surface area contributed by atoms with Gasteiger partial charge in [-0.2, -0.15) is 0 Å². The third kappa shape index (κ3) is 3.46. The Morgan fingerprint density at radius 2 is 2.00 bits per heavy atom. The van der Waals surface area contributed by atoms with Gasteiger partial charge in [0, 0.05) is 6.54 Å². The molecule has 1 atom stereocenters. The number of aromatic nitrogens is 3. The van der Waals surface area contributed by atoms with Crippen molar-refractivity contribution < 1.29 is 14.3 Å². The number of amides is 2. The lowest BCUT2D eigenvalue weighted by atomic mass is 10.2. The van der Waals surface area contributed by atoms with Crippen molar-refractivity contribution in [2.45, 2.75) is 6.10 Å². The first-order valence-corrected chi connectivity index (χ1v) is 9.28. The molecule has 3 heterocycles. The number of rotatable bonds is 4. The zero-order chi connectivity index (χ0) is 18.8. The zero-order valence-corrected chi connectivity index (χ0v) is 15.1. The van der Waals surface area contributed by atoms with Gasteiger partial charge in [0.1, 0.15) is 0 Å². The number of nitrogens with two attached hydrogens (primary N) is 1. The second kappa shape index (κ2) is 7.29. The number of thiophene rings is 1. The fourth-order valence-electron chi connectivity index (χ4n) is 2.86. The molecule has 0 aliphatic carbocycles. The van der Waals surface area contributed by atoms with Crippen LogP contribution >= 0.6 is 11.3 Å². The molecule has 1 unspecified atom stereocenters. The number of para-hydroxylation sites is 1. The van der Waals surface area contributed by atoms with Crippen molar-refractivity contribution in [1.29, 1.82) is 0 Å². The molecular weight excluding hydrogens is 366 g/mol. The molecule has 8 nitrogen and oxygen atoms in total. The van der Waals surface area contributed by atoms with Crippen molar-refractivity contribution in [1.82, 2.24) is 19.7 Å². The van der Waals surface area contributed by atoms with Gasteiger partial charge in [-0.05, 0) is 23.6 Å². The molecular formula is C18H17N5O3S. The van der Waals surface area contributed by atoms with Crippen molar-refractivity contribution in [2.24, 2.45) is 5.73 Å². The summed E-state index contributed by atoms with van der Waals surface area (Å²) in [5.41, 5.74) is 6.11. The molecule has 2 amide bonds. The summed E-state index contributed by atoms with van der Waals surface area (Å²) >= 11 is 1.52. The average molecular weight is 383 g/mol. The second-order valence-electron chi connectivity index (χ2n) is 6.00. The van der Waals surface area contributed by atoms with Crippen LogP contribution in [0.4, 0.5) is 0 Å². The highest BCUT2D eigenvalue weighted by atomic mass is 32.1. The smallest absolute Gasteiger partial charge is 0.293 e. The molecule has 27 heavy (non-hydrogen) atoms. The number of primary amides is 1. The lowest BCUT2D eigenvalue weighted by Gasteiger charge is -2.30. The van der Waals surface area contributed by atoms with E-state index >= 15 is 0 Å². The lowest BCUT2D eigenvalue weighted by Crippen LogP contribution is -2.50. The number of carbonyl (C=O) groups excluding carboxylic acids is 2. The molecule has 1 aliphatic rings. The zero-order valence-electron chi connectivity index (χ0n) is 14.3. The van der Waals surface area contributed by atoms with Crippen LogP contribution in [0.1, 0.15) is 10.6 Å². The van der Waals surface area contributed by atoms with E-state index < -0.39 is 12.0 Å². The van der Waals surface area contributed by atoms with Gasteiger partial charge in [-0.3, -0.25) is 9.59 Å². The second-order valence-corrected chi connectivity index (χ2v) is 6.94. The van der Waals surface area contributed by atoms with Crippen molar-refractivity contribution in [3.8, 4) is 16.4 Å². The predicted octanol–water partition coefficient (Wildman–Crippen LogP) is 1.32. The van der Waals surface area contributed by atoms with Crippen LogP contribution in [0, 0.1) is 0 Å². The van der Waals surface area contributed by atoms with Crippen molar-refractivity contribution in [2.75, 3.05) is 19.7 Å². The maximum Gasteiger partial charge on any atom is 0.293 e. The largest absolute Gasteiger partial charge is 0.367 e. The van der Waals surface area contributed by atoms with Crippen LogP contribution in [-0.2, 0) is 9.53 Å². The van der Waals surface area contributed by atoms with E-state index in [1.807, 2.05) is 47.8 Å². The minimum absolute atomic E-state index is 0.0763. The first kappa shape index (κ1) is 17.4. The Kier molecular flexibility index (Phi) is 4.69. The first-order chi connectivity index (χ1) is 13.1. The number of hydrogen-bond donors (Lipinski definition) is 1. The van der Waals surface area contributed by atoms with E-state index in [1.54, 1.807) is 4.68 Å². The summed E-state index contributed by atoms with van der Waals surface area (Å²) < 4.78 is 6.96. The normalized spacial score (nSPS) is 17.0. The number of hydrogen-bond acceptors (Lipinski definition) is 6. The van der Waals surface area contributed by atoms with Crippen LogP contribution in [0.3, 0.4) is 0 Å². The Morgan fingerprint density at radius 3 is 2.70 bits per heavy atom. The molecule has 0 saturated carbocycles. The summed E-state index contributed by atoms with van der Waals surface area (Å²) in [6, 6.07) is 13.4. The highest BCUT2D eigenvalue weighted by Gasteiger charge is 2.31. The van der Waals surface area contributed by atoms with Crippen LogP contribution in [0.5, 0.6) is 0 Å². The number of nitrogens with zero attached hydrogens (tertiary/aromatic N) is 4. The highest BCUT2D eigenvalue weighted by Crippen LogP contribution is 2.26. The fraction of sp³-hybridized carbons (Fsp3) is 0.222. The van der Waals surface area contributed by atoms with E-state index in [9.17, 15) is 9.59 Å². The van der Waals surface area contributed by atoms with E-state index in [-0.39, 0.29) is 24.9 Å². The predicted molar refractivity (Wildman–Crippen MR) is 99.5 cm³/mol. The number of ether oxygens (including phenoxy) is 1. The van der Waals surface area contributed by atoms with Crippen molar-refractivity contribution >= 4 is 23.2 Å². The molecule has 9 heteroatoms. The Morgan fingerprint density at radius 1 is 1.19 bits per heavy atom. The summed E-state index contributed by atoms with van der Waals surface area (Å²) in [5.74, 6) is -0.266. The van der Waals surface area contributed by atoms with Crippen LogP contribution in [0.15, 0.2) is 47.8 Å². The van der Waals surface area contributed by atoms with E-state index in [2.05, 4.69) is 10.1 Å². The Hall–Kier alpha value is -3.04. The average Bonchev–Trinajstić information content (AvgIpc) is 3.38. The van der Waals surface area contributed by atoms with Gasteiger partial charge >= 0.3 is 0 Å². The van der Waals surface area contributed by atoms with E-state index in [4.69, 9.17) is 10.5 Å². The van der Waals surface area contributed by atoms with Gasteiger partial charge in [-0.1, -0.05) is 24.3 Å². The van der Waals surface area contributed by atoms with Crippen LogP contribution in [0.25, 0.3) is 16.4 Å². The summed E-state index contributed by atoms with van der Waals surface area (Å²) in [5, 5.41) is 6.39. The van der Waals surface area contributed by atoms with Gasteiger partial charge in [-0.15, -0.1) is 16.4 Å². The monoisotopic (exact) mass is 383 g/mol. The third-order valence-corrected chi connectivity index (χ3v) is 5.08. The minimum Gasteiger partial charge on any atom is -0.367 e. The molecule has 2 N–H and O–H groups in total. The standard InChI is InChI=1S/C18H17N5O3S/c19-15(24)13-11-22(8-9-26-13)18(25)16-20-17(14-7-4-10-27-14)23(21-16)12-5-2-1-3-6-12/h1-7,10,13H,8-9,11H2,(H2,19,24). The number of carbonyl (C=O) groups is 2. The highest BCUT2D eigenvalue weighted by molar-refractivity contribution is 7.13. The Labute approximate surface area is 159 Å². The third-order valence-electron chi connectivity index (χ3n) is 4.21. The molecule has 4 rings (SSSR count). The Balaban J connectivity index is 1.69. The number of benzene rings is 1. The molecule has 1 fully saturated rings. The summed E-state index contributed by atoms with van der Waals surface area (Å²) in [7, 11) is 0. The summed E-state index contributed by atoms with van der Waals surface area (Å²) in [6.07, 6.45) is -0.810. The molecule has 0 radical (unpaired) electrons. The maximum atomic E-state index is 12.9. The SMILES string of the molecule is NC(=O)C1CN(C(=O)c2nc(-c3cccs3)n(-c3ccccc3)n2)CCO1. The van der Waals surface area contributed by atoms with Gasteiger partial charge < -0.3 is 15.4 Å². The fourth-order valence-corrected chi connectivity index (χ4v) is 3.56. The van der Waals surface area contributed by atoms with E-state index in [0.29, 0.717) is 12.4 Å². The first-order valence-electron chi connectivity index (χ1n) is 8.40. The van der Waals surface area contributed by atoms with Crippen LogP contribution in [0.2, 0.25) is 0 Å². The lowest BCUT2D eigenvalue weighted by molar-refractivity contribution is -0.133. The molecule has 1 aromatic carbocycles. The van der Waals surface area contributed by atoms with E-state index in [1.165, 1.54) is 16.2 Å². The molecule has 138 valence electrons. The number of morpholine rings is 1. The summed E-state index contributed by atoms with van der Waals surface area (Å²) in [4.78, 5) is 31.2. The van der Waals surface area contributed by atoms with Crippen LogP contribution in [-0.4, -0.2) is 57.3 Å². The van der Waals surface area contributed by atoms with Gasteiger partial charge in [0.25, 0.3) is 5.91 Å². The molecule has 3 aromatic rings.